The van der Waals surface area contributed by atoms with Gasteiger partial charge in [-0.3, -0.25) is 4.79 Å². The summed E-state index contributed by atoms with van der Waals surface area (Å²) in [6.45, 7) is 2.12. The van der Waals surface area contributed by atoms with Crippen LogP contribution in [0.5, 0.6) is 5.75 Å². The molecule has 2 aromatic carbocycles. The highest BCUT2D eigenvalue weighted by molar-refractivity contribution is 7.99. The third kappa shape index (κ3) is 6.53. The molecule has 0 radical (unpaired) electrons. The molecule has 0 saturated carbocycles. The van der Waals surface area contributed by atoms with Crippen LogP contribution in [-0.2, 0) is 27.9 Å². The second-order valence-electron chi connectivity index (χ2n) is 6.91. The van der Waals surface area contributed by atoms with Crippen LogP contribution in [0, 0.1) is 6.92 Å². The SMILES string of the molecule is COC(=O)CSCc1cccc(OCCc2nc(-c3ccc(C(F)(F)F)cc3)oc2C)c1. The van der Waals surface area contributed by atoms with Crippen LogP contribution < -0.4 is 4.74 Å². The van der Waals surface area contributed by atoms with Gasteiger partial charge in [0, 0.05) is 17.7 Å². The number of rotatable bonds is 9. The Morgan fingerprint density at radius 1 is 1.16 bits per heavy atom. The van der Waals surface area contributed by atoms with Crippen molar-refractivity contribution in [2.75, 3.05) is 19.5 Å². The van der Waals surface area contributed by atoms with E-state index in [1.807, 2.05) is 24.3 Å². The molecule has 0 aliphatic carbocycles. The van der Waals surface area contributed by atoms with Crippen LogP contribution in [-0.4, -0.2) is 30.4 Å². The first-order valence-electron chi connectivity index (χ1n) is 9.76. The van der Waals surface area contributed by atoms with Crippen LogP contribution in [0.25, 0.3) is 11.5 Å². The van der Waals surface area contributed by atoms with Crippen molar-refractivity contribution in [2.24, 2.45) is 0 Å². The van der Waals surface area contributed by atoms with Crippen LogP contribution in [0.1, 0.15) is 22.6 Å². The Labute approximate surface area is 187 Å². The number of methoxy groups -OCH3 is 1. The van der Waals surface area contributed by atoms with E-state index in [4.69, 9.17) is 9.15 Å². The van der Waals surface area contributed by atoms with Gasteiger partial charge in [-0.05, 0) is 48.9 Å². The lowest BCUT2D eigenvalue weighted by Gasteiger charge is -2.07. The number of ether oxygens (including phenoxy) is 2. The fraction of sp³-hybridized carbons (Fsp3) is 0.304. The van der Waals surface area contributed by atoms with Crippen LogP contribution in [0.3, 0.4) is 0 Å². The zero-order chi connectivity index (χ0) is 23.1. The molecule has 0 bridgehead atoms. The van der Waals surface area contributed by atoms with Gasteiger partial charge in [0.2, 0.25) is 5.89 Å². The van der Waals surface area contributed by atoms with E-state index in [0.29, 0.717) is 41.5 Å². The van der Waals surface area contributed by atoms with Crippen molar-refractivity contribution >= 4 is 17.7 Å². The van der Waals surface area contributed by atoms with Gasteiger partial charge in [0.15, 0.2) is 0 Å². The van der Waals surface area contributed by atoms with Gasteiger partial charge in [0.1, 0.15) is 11.5 Å². The maximum Gasteiger partial charge on any atom is 0.416 e. The molecule has 0 saturated heterocycles. The van der Waals surface area contributed by atoms with Gasteiger partial charge in [-0.1, -0.05) is 12.1 Å². The molecule has 3 aromatic rings. The van der Waals surface area contributed by atoms with Gasteiger partial charge >= 0.3 is 12.1 Å². The molecule has 32 heavy (non-hydrogen) atoms. The van der Waals surface area contributed by atoms with Gasteiger partial charge in [0.25, 0.3) is 0 Å². The predicted octanol–water partition coefficient (Wildman–Crippen LogP) is 5.70. The van der Waals surface area contributed by atoms with Gasteiger partial charge in [-0.25, -0.2) is 4.98 Å². The Morgan fingerprint density at radius 3 is 2.59 bits per heavy atom. The van der Waals surface area contributed by atoms with Crippen LogP contribution in [0.4, 0.5) is 13.2 Å². The summed E-state index contributed by atoms with van der Waals surface area (Å²) >= 11 is 1.46. The molecule has 9 heteroatoms. The summed E-state index contributed by atoms with van der Waals surface area (Å²) in [7, 11) is 1.36. The molecule has 0 atom stereocenters. The van der Waals surface area contributed by atoms with Crippen LogP contribution >= 0.6 is 11.8 Å². The van der Waals surface area contributed by atoms with Crippen LogP contribution in [0.15, 0.2) is 52.9 Å². The fourth-order valence-corrected chi connectivity index (χ4v) is 3.69. The van der Waals surface area contributed by atoms with E-state index in [-0.39, 0.29) is 17.6 Å². The Kier molecular flexibility index (Phi) is 7.84. The Morgan fingerprint density at radius 2 is 1.91 bits per heavy atom. The first-order valence-corrected chi connectivity index (χ1v) is 10.9. The number of thioether (sulfide) groups is 1. The summed E-state index contributed by atoms with van der Waals surface area (Å²) in [4.78, 5) is 15.6. The second-order valence-corrected chi connectivity index (χ2v) is 7.90. The molecule has 3 rings (SSSR count). The topological polar surface area (TPSA) is 61.6 Å². The number of halogens is 3. The first kappa shape index (κ1) is 23.7. The average molecular weight is 465 g/mol. The number of aromatic nitrogens is 1. The summed E-state index contributed by atoms with van der Waals surface area (Å²) in [6, 6.07) is 12.3. The molecule has 1 aromatic heterocycles. The number of carbonyl (C=O) groups is 1. The number of carbonyl (C=O) groups excluding carboxylic acids is 1. The number of esters is 1. The smallest absolute Gasteiger partial charge is 0.416 e. The number of aryl methyl sites for hydroxylation is 1. The van der Waals surface area contributed by atoms with Crippen molar-refractivity contribution in [2.45, 2.75) is 25.3 Å². The molecule has 0 N–H and O–H groups in total. The van der Waals surface area contributed by atoms with Gasteiger partial charge < -0.3 is 13.9 Å². The lowest BCUT2D eigenvalue weighted by molar-refractivity contribution is -0.138. The van der Waals surface area contributed by atoms with Crippen molar-refractivity contribution in [1.29, 1.82) is 0 Å². The molecule has 170 valence electrons. The normalized spacial score (nSPS) is 11.4. The molecular weight excluding hydrogens is 443 g/mol. The van der Waals surface area contributed by atoms with Gasteiger partial charge in [-0.15, -0.1) is 11.8 Å². The van der Waals surface area contributed by atoms with Crippen molar-refractivity contribution < 1.29 is 31.9 Å². The Balaban J connectivity index is 1.55. The highest BCUT2D eigenvalue weighted by atomic mass is 32.2. The molecule has 5 nitrogen and oxygen atoms in total. The van der Waals surface area contributed by atoms with E-state index < -0.39 is 11.7 Å². The number of benzene rings is 2. The van der Waals surface area contributed by atoms with Crippen molar-refractivity contribution in [1.82, 2.24) is 4.98 Å². The second kappa shape index (κ2) is 10.6. The minimum atomic E-state index is -4.38. The molecule has 0 fully saturated rings. The third-order valence-corrected chi connectivity index (χ3v) is 5.55. The zero-order valence-electron chi connectivity index (χ0n) is 17.6. The standard InChI is InChI=1S/C23H22F3NO4S/c1-15-20(27-22(31-15)17-6-8-18(9-7-17)23(24,25)26)10-11-30-19-5-3-4-16(12-19)13-32-14-21(28)29-2/h3-9,12H,10-11,13-14H2,1-2H3. The molecule has 0 aliphatic rings. The number of oxazole rings is 1. The lowest BCUT2D eigenvalue weighted by atomic mass is 10.1. The minimum Gasteiger partial charge on any atom is -0.493 e. The Bertz CT molecular complexity index is 1050. The lowest BCUT2D eigenvalue weighted by Crippen LogP contribution is -2.04. The molecule has 0 spiro atoms. The summed E-state index contributed by atoms with van der Waals surface area (Å²) in [5, 5.41) is 0. The van der Waals surface area contributed by atoms with Crippen LogP contribution in [0.2, 0.25) is 0 Å². The molecule has 0 aliphatic heterocycles. The molecule has 0 amide bonds. The summed E-state index contributed by atoms with van der Waals surface area (Å²) in [6.07, 6.45) is -3.90. The number of hydrogen-bond acceptors (Lipinski definition) is 6. The summed E-state index contributed by atoms with van der Waals surface area (Å²) in [5.41, 5.74) is 1.47. The molecule has 1 heterocycles. The summed E-state index contributed by atoms with van der Waals surface area (Å²) < 4.78 is 54.3. The van der Waals surface area contributed by atoms with E-state index in [0.717, 1.165) is 17.7 Å². The Hall–Kier alpha value is -2.94. The van der Waals surface area contributed by atoms with Gasteiger partial charge in [-0.2, -0.15) is 13.2 Å². The van der Waals surface area contributed by atoms with E-state index >= 15 is 0 Å². The average Bonchev–Trinajstić information content (AvgIpc) is 3.14. The maximum absolute atomic E-state index is 12.7. The zero-order valence-corrected chi connectivity index (χ0v) is 18.4. The molecule has 0 unspecified atom stereocenters. The number of hydrogen-bond donors (Lipinski definition) is 0. The minimum absolute atomic E-state index is 0.263. The van der Waals surface area contributed by atoms with E-state index in [9.17, 15) is 18.0 Å². The van der Waals surface area contributed by atoms with E-state index in [1.165, 1.54) is 31.0 Å². The largest absolute Gasteiger partial charge is 0.493 e. The van der Waals surface area contributed by atoms with E-state index in [1.54, 1.807) is 6.92 Å². The molecular formula is C23H22F3NO4S. The van der Waals surface area contributed by atoms with Crippen molar-refractivity contribution in [3.8, 4) is 17.2 Å². The monoisotopic (exact) mass is 465 g/mol. The van der Waals surface area contributed by atoms with Gasteiger partial charge in [0.05, 0.1) is 30.7 Å². The van der Waals surface area contributed by atoms with E-state index in [2.05, 4.69) is 9.72 Å². The highest BCUT2D eigenvalue weighted by Gasteiger charge is 2.30. The maximum atomic E-state index is 12.7. The highest BCUT2D eigenvalue weighted by Crippen LogP contribution is 2.31. The number of alkyl halides is 3. The first-order chi connectivity index (χ1) is 15.3. The number of nitrogens with zero attached hydrogens (tertiary/aromatic N) is 1. The third-order valence-electron chi connectivity index (χ3n) is 4.57. The summed E-state index contributed by atoms with van der Waals surface area (Å²) in [5.74, 6) is 2.25. The van der Waals surface area contributed by atoms with Crippen molar-refractivity contribution in [3.05, 3.63) is 71.1 Å². The fourth-order valence-electron chi connectivity index (χ4n) is 2.89. The van der Waals surface area contributed by atoms with Crippen molar-refractivity contribution in [3.63, 3.8) is 0 Å². The quantitative estimate of drug-likeness (QED) is 0.378. The predicted molar refractivity (Wildman–Crippen MR) is 115 cm³/mol.